The van der Waals surface area contributed by atoms with Gasteiger partial charge in [-0.05, 0) is 51.1 Å². The SMILES string of the molecule is NCC1CCCC1C(=O)N1CCCN2CCCC2C1. The average Bonchev–Trinajstić information content (AvgIpc) is 3.02. The van der Waals surface area contributed by atoms with Crippen molar-refractivity contribution in [3.63, 3.8) is 0 Å². The largest absolute Gasteiger partial charge is 0.341 e. The molecule has 3 atom stereocenters. The maximum absolute atomic E-state index is 12.8. The van der Waals surface area contributed by atoms with E-state index >= 15 is 0 Å². The third-order valence-electron chi connectivity index (χ3n) is 5.39. The molecule has 2 N–H and O–H groups in total. The lowest BCUT2D eigenvalue weighted by atomic mass is 9.94. The van der Waals surface area contributed by atoms with Crippen LogP contribution in [0.1, 0.15) is 38.5 Å². The zero-order valence-electron chi connectivity index (χ0n) is 11.9. The van der Waals surface area contributed by atoms with E-state index in [-0.39, 0.29) is 5.92 Å². The van der Waals surface area contributed by atoms with E-state index < -0.39 is 0 Å². The van der Waals surface area contributed by atoms with E-state index in [0.717, 1.165) is 32.4 Å². The molecule has 0 bridgehead atoms. The molecule has 3 rings (SSSR count). The molecule has 0 aromatic carbocycles. The van der Waals surface area contributed by atoms with Crippen LogP contribution in [0.5, 0.6) is 0 Å². The van der Waals surface area contributed by atoms with Crippen LogP contribution in [0.15, 0.2) is 0 Å². The number of hydrogen-bond acceptors (Lipinski definition) is 3. The number of carbonyl (C=O) groups is 1. The molecule has 1 amide bonds. The van der Waals surface area contributed by atoms with Gasteiger partial charge in [0.05, 0.1) is 0 Å². The topological polar surface area (TPSA) is 49.6 Å². The maximum atomic E-state index is 12.8. The zero-order valence-corrected chi connectivity index (χ0v) is 11.9. The Morgan fingerprint density at radius 3 is 2.74 bits per heavy atom. The Morgan fingerprint density at radius 1 is 1.05 bits per heavy atom. The van der Waals surface area contributed by atoms with Gasteiger partial charge in [-0.2, -0.15) is 0 Å². The van der Waals surface area contributed by atoms with Gasteiger partial charge in [0, 0.05) is 31.6 Å². The van der Waals surface area contributed by atoms with Gasteiger partial charge in [0.2, 0.25) is 5.91 Å². The molecule has 3 unspecified atom stereocenters. The molecule has 1 aliphatic carbocycles. The molecule has 4 heteroatoms. The highest BCUT2D eigenvalue weighted by atomic mass is 16.2. The lowest BCUT2D eigenvalue weighted by Crippen LogP contribution is -2.43. The van der Waals surface area contributed by atoms with Gasteiger partial charge in [-0.15, -0.1) is 0 Å². The summed E-state index contributed by atoms with van der Waals surface area (Å²) in [6, 6.07) is 0.629. The molecular formula is C15H27N3O. The van der Waals surface area contributed by atoms with E-state index in [2.05, 4.69) is 9.80 Å². The second-order valence-electron chi connectivity index (χ2n) is 6.50. The summed E-state index contributed by atoms with van der Waals surface area (Å²) in [4.78, 5) is 17.5. The minimum Gasteiger partial charge on any atom is -0.341 e. The average molecular weight is 265 g/mol. The first kappa shape index (κ1) is 13.4. The van der Waals surface area contributed by atoms with Gasteiger partial charge in [0.15, 0.2) is 0 Å². The van der Waals surface area contributed by atoms with Crippen molar-refractivity contribution in [2.45, 2.75) is 44.6 Å². The van der Waals surface area contributed by atoms with Crippen LogP contribution in [0, 0.1) is 11.8 Å². The van der Waals surface area contributed by atoms with Gasteiger partial charge in [-0.3, -0.25) is 9.69 Å². The number of nitrogens with two attached hydrogens (primary N) is 1. The second kappa shape index (κ2) is 5.80. The Labute approximate surface area is 116 Å². The van der Waals surface area contributed by atoms with Gasteiger partial charge < -0.3 is 10.6 Å². The van der Waals surface area contributed by atoms with Crippen molar-refractivity contribution in [2.24, 2.45) is 17.6 Å². The Bertz CT molecular complexity index is 333. The predicted molar refractivity (Wildman–Crippen MR) is 75.7 cm³/mol. The summed E-state index contributed by atoms with van der Waals surface area (Å²) >= 11 is 0. The Kier molecular flexibility index (Phi) is 4.08. The monoisotopic (exact) mass is 265 g/mol. The van der Waals surface area contributed by atoms with Crippen molar-refractivity contribution in [3.8, 4) is 0 Å². The number of carbonyl (C=O) groups excluding carboxylic acids is 1. The summed E-state index contributed by atoms with van der Waals surface area (Å²) in [5.41, 5.74) is 5.83. The first-order chi connectivity index (χ1) is 9.29. The molecule has 2 heterocycles. The highest BCUT2D eigenvalue weighted by Crippen LogP contribution is 2.33. The van der Waals surface area contributed by atoms with Gasteiger partial charge >= 0.3 is 0 Å². The molecule has 0 spiro atoms. The molecule has 0 aromatic heterocycles. The van der Waals surface area contributed by atoms with Gasteiger partial charge in [-0.25, -0.2) is 0 Å². The van der Waals surface area contributed by atoms with Crippen LogP contribution < -0.4 is 5.73 Å². The zero-order chi connectivity index (χ0) is 13.2. The fourth-order valence-corrected chi connectivity index (χ4v) is 4.29. The quantitative estimate of drug-likeness (QED) is 0.812. The molecule has 1 saturated carbocycles. The van der Waals surface area contributed by atoms with Crippen LogP contribution in [0.3, 0.4) is 0 Å². The van der Waals surface area contributed by atoms with Gasteiger partial charge in [-0.1, -0.05) is 6.42 Å². The smallest absolute Gasteiger partial charge is 0.226 e. The van der Waals surface area contributed by atoms with Crippen molar-refractivity contribution >= 4 is 5.91 Å². The summed E-state index contributed by atoms with van der Waals surface area (Å²) in [6.45, 7) is 5.02. The first-order valence-corrected chi connectivity index (χ1v) is 8.02. The number of nitrogens with zero attached hydrogens (tertiary/aromatic N) is 2. The van der Waals surface area contributed by atoms with Crippen LogP contribution in [0.4, 0.5) is 0 Å². The fourth-order valence-electron chi connectivity index (χ4n) is 4.29. The van der Waals surface area contributed by atoms with Crippen molar-refractivity contribution in [1.29, 1.82) is 0 Å². The van der Waals surface area contributed by atoms with Crippen LogP contribution in [-0.4, -0.2) is 54.5 Å². The van der Waals surface area contributed by atoms with E-state index in [0.29, 0.717) is 24.4 Å². The highest BCUT2D eigenvalue weighted by molar-refractivity contribution is 5.79. The van der Waals surface area contributed by atoms with E-state index in [1.807, 2.05) is 0 Å². The Morgan fingerprint density at radius 2 is 1.89 bits per heavy atom. The minimum absolute atomic E-state index is 0.220. The van der Waals surface area contributed by atoms with E-state index in [1.54, 1.807) is 0 Å². The Balaban J connectivity index is 1.65. The number of amides is 1. The van der Waals surface area contributed by atoms with Crippen molar-refractivity contribution in [2.75, 3.05) is 32.7 Å². The van der Waals surface area contributed by atoms with E-state index in [4.69, 9.17) is 5.73 Å². The third-order valence-corrected chi connectivity index (χ3v) is 5.39. The molecule has 0 aromatic rings. The molecule has 4 nitrogen and oxygen atoms in total. The van der Waals surface area contributed by atoms with Gasteiger partial charge in [0.1, 0.15) is 0 Å². The summed E-state index contributed by atoms with van der Waals surface area (Å²) in [5.74, 6) is 1.06. The summed E-state index contributed by atoms with van der Waals surface area (Å²) < 4.78 is 0. The van der Waals surface area contributed by atoms with Crippen LogP contribution in [-0.2, 0) is 4.79 Å². The summed E-state index contributed by atoms with van der Waals surface area (Å²) in [5, 5.41) is 0. The molecule has 2 saturated heterocycles. The fraction of sp³-hybridized carbons (Fsp3) is 0.933. The second-order valence-corrected chi connectivity index (χ2v) is 6.50. The predicted octanol–water partition coefficient (Wildman–Crippen LogP) is 1.06. The molecule has 19 heavy (non-hydrogen) atoms. The van der Waals surface area contributed by atoms with Crippen LogP contribution >= 0.6 is 0 Å². The maximum Gasteiger partial charge on any atom is 0.226 e. The molecule has 3 fully saturated rings. The lowest BCUT2D eigenvalue weighted by molar-refractivity contribution is -0.136. The standard InChI is InChI=1S/C15H27N3O/c16-10-12-4-1-6-14(12)15(19)18-9-3-8-17-7-2-5-13(17)11-18/h12-14H,1-11,16H2. The summed E-state index contributed by atoms with van der Waals surface area (Å²) in [6.07, 6.45) is 7.11. The number of fused-ring (bicyclic) bond motifs is 1. The summed E-state index contributed by atoms with van der Waals surface area (Å²) in [7, 11) is 0. The molecule has 3 aliphatic rings. The highest BCUT2D eigenvalue weighted by Gasteiger charge is 2.37. The number of rotatable bonds is 2. The Hall–Kier alpha value is -0.610. The lowest BCUT2D eigenvalue weighted by Gasteiger charge is -2.29. The van der Waals surface area contributed by atoms with Crippen molar-refractivity contribution < 1.29 is 4.79 Å². The molecule has 108 valence electrons. The van der Waals surface area contributed by atoms with Crippen LogP contribution in [0.25, 0.3) is 0 Å². The normalized spacial score (nSPS) is 36.3. The van der Waals surface area contributed by atoms with Crippen molar-refractivity contribution in [1.82, 2.24) is 9.80 Å². The number of hydrogen-bond donors (Lipinski definition) is 1. The first-order valence-electron chi connectivity index (χ1n) is 8.02. The third kappa shape index (κ3) is 2.65. The molecule has 2 aliphatic heterocycles. The van der Waals surface area contributed by atoms with Gasteiger partial charge in [0.25, 0.3) is 0 Å². The van der Waals surface area contributed by atoms with E-state index in [1.165, 1.54) is 32.4 Å². The van der Waals surface area contributed by atoms with Crippen LogP contribution in [0.2, 0.25) is 0 Å². The minimum atomic E-state index is 0.220. The molecular weight excluding hydrogens is 238 g/mol. The van der Waals surface area contributed by atoms with Crippen molar-refractivity contribution in [3.05, 3.63) is 0 Å². The molecule has 0 radical (unpaired) electrons. The van der Waals surface area contributed by atoms with E-state index in [9.17, 15) is 4.79 Å².